The summed E-state index contributed by atoms with van der Waals surface area (Å²) in [4.78, 5) is 17.3. The Morgan fingerprint density at radius 3 is 2.32 bits per heavy atom. The maximum absolute atomic E-state index is 12.4. The average Bonchev–Trinajstić information content (AvgIpc) is 3.13. The summed E-state index contributed by atoms with van der Waals surface area (Å²) >= 11 is 6.14. The van der Waals surface area contributed by atoms with Gasteiger partial charge in [0, 0.05) is 22.1 Å². The molecule has 1 amide bonds. The van der Waals surface area contributed by atoms with E-state index < -0.39 is 0 Å². The minimum atomic E-state index is -0.145. The second-order valence-electron chi connectivity index (χ2n) is 8.20. The van der Waals surface area contributed by atoms with Gasteiger partial charge in [0.25, 0.3) is 0 Å². The molecule has 4 aromatic rings. The second-order valence-corrected chi connectivity index (χ2v) is 8.64. The molecule has 0 bridgehead atoms. The predicted molar refractivity (Wildman–Crippen MR) is 144 cm³/mol. The fourth-order valence-electron chi connectivity index (χ4n) is 3.70. The lowest BCUT2D eigenvalue weighted by atomic mass is 9.94. The highest BCUT2D eigenvalue weighted by molar-refractivity contribution is 6.30. The first-order valence-electron chi connectivity index (χ1n) is 11.5. The van der Waals surface area contributed by atoms with Crippen LogP contribution in [0.3, 0.4) is 0 Å². The van der Waals surface area contributed by atoms with Crippen LogP contribution in [0.15, 0.2) is 59.5 Å². The van der Waals surface area contributed by atoms with Crippen LogP contribution in [0.2, 0.25) is 5.02 Å². The monoisotopic (exact) mass is 474 g/mol. The molecule has 0 aliphatic carbocycles. The molecule has 1 N–H and O–H groups in total. The molecule has 0 atom stereocenters. The Bertz CT molecular complexity index is 1330. The molecule has 0 saturated carbocycles. The molecule has 176 valence electrons. The van der Waals surface area contributed by atoms with Gasteiger partial charge in [-0.2, -0.15) is 0 Å². The first-order chi connectivity index (χ1) is 16.3. The molecule has 0 unspecified atom stereocenters. The van der Waals surface area contributed by atoms with Crippen molar-refractivity contribution in [2.75, 3.05) is 5.32 Å². The van der Waals surface area contributed by atoms with Gasteiger partial charge in [-0.3, -0.25) is 4.79 Å². The molecule has 4 rings (SSSR count). The van der Waals surface area contributed by atoms with E-state index in [2.05, 4.69) is 31.0 Å². The van der Waals surface area contributed by atoms with Crippen molar-refractivity contribution >= 4 is 40.4 Å². The van der Waals surface area contributed by atoms with Gasteiger partial charge < -0.3 is 9.73 Å². The van der Waals surface area contributed by atoms with Gasteiger partial charge in [-0.25, -0.2) is 4.98 Å². The highest BCUT2D eigenvalue weighted by atomic mass is 35.5. The minimum absolute atomic E-state index is 0.0659. The van der Waals surface area contributed by atoms with Crippen molar-refractivity contribution in [2.45, 2.75) is 41.5 Å². The van der Waals surface area contributed by atoms with Crippen LogP contribution >= 0.6 is 11.6 Å². The van der Waals surface area contributed by atoms with Gasteiger partial charge in [0.2, 0.25) is 11.6 Å². The van der Waals surface area contributed by atoms with E-state index in [0.29, 0.717) is 22.2 Å². The summed E-state index contributed by atoms with van der Waals surface area (Å²) in [6, 6.07) is 15.9. The zero-order chi connectivity index (χ0) is 25.0. The molecule has 5 heteroatoms. The van der Waals surface area contributed by atoms with Crippen molar-refractivity contribution in [1.82, 2.24) is 4.98 Å². The number of rotatable bonds is 5. The largest absolute Gasteiger partial charge is 0.441 e. The van der Waals surface area contributed by atoms with Crippen molar-refractivity contribution in [1.29, 1.82) is 0 Å². The van der Waals surface area contributed by atoms with Gasteiger partial charge in [-0.1, -0.05) is 82.3 Å². The number of benzene rings is 2. The van der Waals surface area contributed by atoms with Crippen LogP contribution in [0.4, 0.5) is 5.69 Å². The molecule has 34 heavy (non-hydrogen) atoms. The summed E-state index contributed by atoms with van der Waals surface area (Å²) in [6.07, 6.45) is 1.83. The van der Waals surface area contributed by atoms with E-state index in [4.69, 9.17) is 21.0 Å². The van der Waals surface area contributed by atoms with E-state index in [1.165, 1.54) is 0 Å². The standard InChI is InChI=1S/C27H25ClN2O2.C2H6/c1-6-18-7-12-21(16(4)13-18)25-22(19-8-10-20(28)11-9-19)14-23-24(29-26(31)15(2)3)17(5)32-27(23)30-25;1-2/h6-15H,1H2,2-5H3,(H,29,31);1-2H3. The molecule has 2 aromatic heterocycles. The number of nitrogens with one attached hydrogen (secondary N) is 1. The molecular formula is C29H31ClN2O2. The van der Waals surface area contributed by atoms with Crippen LogP contribution in [0.5, 0.6) is 0 Å². The average molecular weight is 475 g/mol. The third kappa shape index (κ3) is 5.07. The number of furan rings is 1. The number of anilines is 1. The van der Waals surface area contributed by atoms with E-state index in [1.807, 2.05) is 77.1 Å². The summed E-state index contributed by atoms with van der Waals surface area (Å²) in [7, 11) is 0. The van der Waals surface area contributed by atoms with E-state index in [9.17, 15) is 4.79 Å². The summed E-state index contributed by atoms with van der Waals surface area (Å²) < 4.78 is 5.97. The van der Waals surface area contributed by atoms with Gasteiger partial charge in [0.1, 0.15) is 5.76 Å². The maximum atomic E-state index is 12.4. The SMILES string of the molecule is C=Cc1ccc(-c2nc3oc(C)c(NC(=O)C(C)C)c3cc2-c2ccc(Cl)cc2)c(C)c1.CC. The molecule has 4 nitrogen and oxygen atoms in total. The molecule has 0 spiro atoms. The lowest BCUT2D eigenvalue weighted by Crippen LogP contribution is -2.18. The molecule has 0 saturated heterocycles. The van der Waals surface area contributed by atoms with Crippen LogP contribution in [0, 0.1) is 19.8 Å². The third-order valence-electron chi connectivity index (χ3n) is 5.53. The molecule has 0 aliphatic rings. The number of aryl methyl sites for hydroxylation is 2. The highest BCUT2D eigenvalue weighted by Crippen LogP contribution is 2.39. The Kier molecular flexibility index (Phi) is 7.95. The van der Waals surface area contributed by atoms with Crippen LogP contribution < -0.4 is 5.32 Å². The van der Waals surface area contributed by atoms with Crippen molar-refractivity contribution in [3.8, 4) is 22.4 Å². The summed E-state index contributed by atoms with van der Waals surface area (Å²) in [5, 5.41) is 4.44. The number of aromatic nitrogens is 1. The predicted octanol–water partition coefficient (Wildman–Crippen LogP) is 8.70. The molecule has 2 aromatic carbocycles. The number of amides is 1. The molecule has 0 fully saturated rings. The number of pyridine rings is 1. The van der Waals surface area contributed by atoms with Gasteiger partial charge in [0.05, 0.1) is 16.8 Å². The van der Waals surface area contributed by atoms with Crippen LogP contribution in [0.25, 0.3) is 39.6 Å². The number of halogens is 1. The smallest absolute Gasteiger partial charge is 0.229 e. The maximum Gasteiger partial charge on any atom is 0.229 e. The van der Waals surface area contributed by atoms with Gasteiger partial charge >= 0.3 is 0 Å². The first-order valence-corrected chi connectivity index (χ1v) is 11.9. The molecule has 2 heterocycles. The van der Waals surface area contributed by atoms with E-state index in [1.54, 1.807) is 0 Å². The fourth-order valence-corrected chi connectivity index (χ4v) is 3.82. The van der Waals surface area contributed by atoms with Crippen molar-refractivity contribution in [2.24, 2.45) is 5.92 Å². The summed E-state index contributed by atoms with van der Waals surface area (Å²) in [5.74, 6) is 0.413. The first kappa shape index (κ1) is 25.3. The number of carbonyl (C=O) groups excluding carboxylic acids is 1. The quantitative estimate of drug-likeness (QED) is 0.314. The van der Waals surface area contributed by atoms with Gasteiger partial charge in [-0.15, -0.1) is 0 Å². The van der Waals surface area contributed by atoms with E-state index in [-0.39, 0.29) is 11.8 Å². The topological polar surface area (TPSA) is 55.1 Å². The Labute approximate surface area is 206 Å². The Morgan fingerprint density at radius 1 is 1.06 bits per heavy atom. The highest BCUT2D eigenvalue weighted by Gasteiger charge is 2.21. The van der Waals surface area contributed by atoms with Gasteiger partial charge in [-0.05, 0) is 48.7 Å². The molecule has 0 aliphatic heterocycles. The normalized spacial score (nSPS) is 10.7. The molecule has 0 radical (unpaired) electrons. The fraction of sp³-hybridized carbons (Fsp3) is 0.241. The number of nitrogens with zero attached hydrogens (tertiary/aromatic N) is 1. The lowest BCUT2D eigenvalue weighted by Gasteiger charge is -2.13. The second kappa shape index (κ2) is 10.7. The van der Waals surface area contributed by atoms with Crippen LogP contribution in [-0.2, 0) is 4.79 Å². The van der Waals surface area contributed by atoms with Crippen LogP contribution in [0.1, 0.15) is 44.6 Å². The number of hydrogen-bond acceptors (Lipinski definition) is 3. The Balaban J connectivity index is 0.00000158. The third-order valence-corrected chi connectivity index (χ3v) is 5.78. The van der Waals surface area contributed by atoms with Crippen molar-refractivity contribution in [3.05, 3.63) is 77.0 Å². The summed E-state index contributed by atoms with van der Waals surface area (Å²) in [6.45, 7) is 15.5. The summed E-state index contributed by atoms with van der Waals surface area (Å²) in [5.41, 5.74) is 7.00. The van der Waals surface area contributed by atoms with Crippen molar-refractivity contribution < 1.29 is 9.21 Å². The number of fused-ring (bicyclic) bond motifs is 1. The Hall–Kier alpha value is -3.37. The number of hydrogen-bond donors (Lipinski definition) is 1. The lowest BCUT2D eigenvalue weighted by molar-refractivity contribution is -0.118. The van der Waals surface area contributed by atoms with E-state index >= 15 is 0 Å². The van der Waals surface area contributed by atoms with Crippen LogP contribution in [-0.4, -0.2) is 10.9 Å². The van der Waals surface area contributed by atoms with Gasteiger partial charge in [0.15, 0.2) is 0 Å². The molecular weight excluding hydrogens is 444 g/mol. The Morgan fingerprint density at radius 2 is 1.74 bits per heavy atom. The number of carbonyl (C=O) groups is 1. The minimum Gasteiger partial charge on any atom is -0.441 e. The zero-order valence-corrected chi connectivity index (χ0v) is 21.4. The zero-order valence-electron chi connectivity index (χ0n) is 20.6. The van der Waals surface area contributed by atoms with E-state index in [0.717, 1.165) is 38.9 Å². The van der Waals surface area contributed by atoms with Crippen molar-refractivity contribution in [3.63, 3.8) is 0 Å².